The van der Waals surface area contributed by atoms with E-state index in [4.69, 9.17) is 4.74 Å². The molecule has 0 unspecified atom stereocenters. The Balaban J connectivity index is 2.18. The Morgan fingerprint density at radius 2 is 1.68 bits per heavy atom. The van der Waals surface area contributed by atoms with Crippen molar-refractivity contribution < 1.29 is 27.8 Å². The molecule has 0 aliphatic heterocycles. The van der Waals surface area contributed by atoms with Crippen LogP contribution in [0.3, 0.4) is 0 Å². The summed E-state index contributed by atoms with van der Waals surface area (Å²) in [7, 11) is 1.21. The number of hydrogen-bond donors (Lipinski definition) is 1. The van der Waals surface area contributed by atoms with E-state index in [2.05, 4.69) is 10.1 Å². The SMILES string of the molecule is COC(=O)[C@H](Cc1ccccc1)NC(=O)c1ccccc1OC(F)F. The van der Waals surface area contributed by atoms with E-state index in [-0.39, 0.29) is 17.7 Å². The van der Waals surface area contributed by atoms with Gasteiger partial charge >= 0.3 is 12.6 Å². The lowest BCUT2D eigenvalue weighted by molar-refractivity contribution is -0.142. The van der Waals surface area contributed by atoms with Gasteiger partial charge in [0, 0.05) is 6.42 Å². The molecule has 0 saturated heterocycles. The summed E-state index contributed by atoms with van der Waals surface area (Å²) in [5, 5.41) is 2.51. The minimum atomic E-state index is -3.06. The van der Waals surface area contributed by atoms with Crippen LogP contribution in [0.15, 0.2) is 54.6 Å². The number of amides is 1. The van der Waals surface area contributed by atoms with Gasteiger partial charge in [-0.15, -0.1) is 0 Å². The highest BCUT2D eigenvalue weighted by molar-refractivity contribution is 5.99. The van der Waals surface area contributed by atoms with Gasteiger partial charge < -0.3 is 14.8 Å². The summed E-state index contributed by atoms with van der Waals surface area (Å²) in [5.74, 6) is -1.61. The van der Waals surface area contributed by atoms with E-state index in [9.17, 15) is 18.4 Å². The molecule has 0 saturated carbocycles. The van der Waals surface area contributed by atoms with Crippen LogP contribution in [0.2, 0.25) is 0 Å². The number of para-hydroxylation sites is 1. The second-order valence-electron chi connectivity index (χ2n) is 5.11. The number of methoxy groups -OCH3 is 1. The Morgan fingerprint density at radius 3 is 2.32 bits per heavy atom. The quantitative estimate of drug-likeness (QED) is 0.781. The molecule has 0 bridgehead atoms. The maximum absolute atomic E-state index is 12.5. The zero-order chi connectivity index (χ0) is 18.2. The molecule has 0 fully saturated rings. The van der Waals surface area contributed by atoms with Crippen LogP contribution in [0.4, 0.5) is 8.78 Å². The molecule has 0 aliphatic rings. The molecule has 0 aromatic heterocycles. The van der Waals surface area contributed by atoms with Crippen molar-refractivity contribution in [2.45, 2.75) is 19.1 Å². The van der Waals surface area contributed by atoms with Gasteiger partial charge in [0.05, 0.1) is 12.7 Å². The molecule has 132 valence electrons. The normalized spacial score (nSPS) is 11.7. The van der Waals surface area contributed by atoms with Gasteiger partial charge in [-0.05, 0) is 17.7 Å². The molecule has 0 heterocycles. The second kappa shape index (κ2) is 8.77. The van der Waals surface area contributed by atoms with Crippen LogP contribution in [0.5, 0.6) is 5.75 Å². The Morgan fingerprint density at radius 1 is 1.04 bits per heavy atom. The minimum absolute atomic E-state index is 0.0928. The van der Waals surface area contributed by atoms with Crippen molar-refractivity contribution in [1.82, 2.24) is 5.32 Å². The zero-order valence-electron chi connectivity index (χ0n) is 13.4. The van der Waals surface area contributed by atoms with Crippen molar-refractivity contribution in [1.29, 1.82) is 0 Å². The van der Waals surface area contributed by atoms with Gasteiger partial charge in [0.2, 0.25) is 0 Å². The van der Waals surface area contributed by atoms with Crippen molar-refractivity contribution in [3.05, 3.63) is 65.7 Å². The summed E-state index contributed by atoms with van der Waals surface area (Å²) in [6, 6.07) is 13.6. The lowest BCUT2D eigenvalue weighted by atomic mass is 10.1. The lowest BCUT2D eigenvalue weighted by Gasteiger charge is -2.18. The van der Waals surface area contributed by atoms with Gasteiger partial charge in [0.25, 0.3) is 5.91 Å². The minimum Gasteiger partial charge on any atom is -0.467 e. The van der Waals surface area contributed by atoms with Gasteiger partial charge in [0.1, 0.15) is 11.8 Å². The number of benzene rings is 2. The van der Waals surface area contributed by atoms with Crippen LogP contribution in [-0.2, 0) is 16.0 Å². The molecule has 0 aliphatic carbocycles. The first kappa shape index (κ1) is 18.4. The Labute approximate surface area is 143 Å². The second-order valence-corrected chi connectivity index (χ2v) is 5.11. The summed E-state index contributed by atoms with van der Waals surface area (Å²) in [5.41, 5.74) is 0.722. The highest BCUT2D eigenvalue weighted by Crippen LogP contribution is 2.20. The van der Waals surface area contributed by atoms with Gasteiger partial charge in [-0.1, -0.05) is 42.5 Å². The molecule has 0 spiro atoms. The molecule has 2 rings (SSSR count). The maximum Gasteiger partial charge on any atom is 0.387 e. The first-order valence-electron chi connectivity index (χ1n) is 7.47. The van der Waals surface area contributed by atoms with Crippen LogP contribution in [0.1, 0.15) is 15.9 Å². The number of halogens is 2. The number of nitrogens with one attached hydrogen (secondary N) is 1. The first-order chi connectivity index (χ1) is 12.0. The van der Waals surface area contributed by atoms with Crippen molar-refractivity contribution in [3.63, 3.8) is 0 Å². The number of rotatable bonds is 7. The summed E-state index contributed by atoms with van der Waals surface area (Å²) in [6.45, 7) is -3.06. The number of hydrogen-bond acceptors (Lipinski definition) is 4. The topological polar surface area (TPSA) is 64.6 Å². The van der Waals surface area contributed by atoms with Crippen LogP contribution in [0.25, 0.3) is 0 Å². The average molecular weight is 349 g/mol. The molecule has 1 N–H and O–H groups in total. The van der Waals surface area contributed by atoms with Crippen LogP contribution < -0.4 is 10.1 Å². The molecule has 2 aromatic carbocycles. The molecular formula is C18H17F2NO4. The highest BCUT2D eigenvalue weighted by atomic mass is 19.3. The predicted octanol–water partition coefficient (Wildman–Crippen LogP) is 2.80. The third-order valence-electron chi connectivity index (χ3n) is 3.42. The maximum atomic E-state index is 12.5. The molecule has 0 radical (unpaired) electrons. The van der Waals surface area contributed by atoms with Crippen molar-refractivity contribution in [3.8, 4) is 5.75 Å². The molecule has 1 atom stereocenters. The molecule has 5 nitrogen and oxygen atoms in total. The Kier molecular flexibility index (Phi) is 6.45. The van der Waals surface area contributed by atoms with E-state index in [1.807, 2.05) is 6.07 Å². The van der Waals surface area contributed by atoms with E-state index in [1.165, 1.54) is 31.4 Å². The van der Waals surface area contributed by atoms with Crippen LogP contribution in [-0.4, -0.2) is 31.6 Å². The zero-order valence-corrected chi connectivity index (χ0v) is 13.4. The molecule has 7 heteroatoms. The molecule has 2 aromatic rings. The van der Waals surface area contributed by atoms with Gasteiger partial charge in [-0.25, -0.2) is 4.79 Å². The Bertz CT molecular complexity index is 722. The van der Waals surface area contributed by atoms with E-state index in [0.29, 0.717) is 0 Å². The van der Waals surface area contributed by atoms with E-state index >= 15 is 0 Å². The van der Waals surface area contributed by atoms with Crippen molar-refractivity contribution in [2.75, 3.05) is 7.11 Å². The molecular weight excluding hydrogens is 332 g/mol. The predicted molar refractivity (Wildman–Crippen MR) is 86.5 cm³/mol. The van der Waals surface area contributed by atoms with Crippen LogP contribution >= 0.6 is 0 Å². The first-order valence-corrected chi connectivity index (χ1v) is 7.47. The fourth-order valence-corrected chi connectivity index (χ4v) is 2.27. The lowest BCUT2D eigenvalue weighted by Crippen LogP contribution is -2.43. The fraction of sp³-hybridized carbons (Fsp3) is 0.222. The standard InChI is InChI=1S/C18H17F2NO4/c1-24-17(23)14(11-12-7-3-2-4-8-12)21-16(22)13-9-5-6-10-15(13)25-18(19)20/h2-10,14,18H,11H2,1H3,(H,21,22)/t14-/m0/s1. The van der Waals surface area contributed by atoms with E-state index in [0.717, 1.165) is 5.56 Å². The summed E-state index contributed by atoms with van der Waals surface area (Å²) in [6.07, 6.45) is 0.205. The molecule has 1 amide bonds. The summed E-state index contributed by atoms with van der Waals surface area (Å²) in [4.78, 5) is 24.4. The van der Waals surface area contributed by atoms with Gasteiger partial charge in [-0.2, -0.15) is 8.78 Å². The number of carbonyl (C=O) groups excluding carboxylic acids is 2. The number of carbonyl (C=O) groups is 2. The fourth-order valence-electron chi connectivity index (χ4n) is 2.27. The third-order valence-corrected chi connectivity index (χ3v) is 3.42. The molecule has 25 heavy (non-hydrogen) atoms. The monoisotopic (exact) mass is 349 g/mol. The number of esters is 1. The van der Waals surface area contributed by atoms with Crippen molar-refractivity contribution in [2.24, 2.45) is 0 Å². The summed E-state index contributed by atoms with van der Waals surface area (Å²) < 4.78 is 34.0. The van der Waals surface area contributed by atoms with Gasteiger partial charge in [0.15, 0.2) is 0 Å². The smallest absolute Gasteiger partial charge is 0.387 e. The number of ether oxygens (including phenoxy) is 2. The van der Waals surface area contributed by atoms with Crippen molar-refractivity contribution >= 4 is 11.9 Å². The third kappa shape index (κ3) is 5.27. The Hall–Kier alpha value is -2.96. The van der Waals surface area contributed by atoms with E-state index in [1.54, 1.807) is 24.3 Å². The highest BCUT2D eigenvalue weighted by Gasteiger charge is 2.24. The average Bonchev–Trinajstić information content (AvgIpc) is 2.61. The van der Waals surface area contributed by atoms with Gasteiger partial charge in [-0.3, -0.25) is 4.79 Å². The van der Waals surface area contributed by atoms with E-state index < -0.39 is 24.5 Å². The van der Waals surface area contributed by atoms with Crippen LogP contribution in [0, 0.1) is 0 Å². The largest absolute Gasteiger partial charge is 0.467 e. The summed E-state index contributed by atoms with van der Waals surface area (Å²) >= 11 is 0. The number of alkyl halides is 2.